The van der Waals surface area contributed by atoms with Crippen molar-refractivity contribution < 1.29 is 23.0 Å². The molecule has 2 amide bonds. The number of rotatable bonds is 6. The summed E-state index contributed by atoms with van der Waals surface area (Å²) in [6.45, 7) is -2.73. The van der Waals surface area contributed by atoms with Gasteiger partial charge in [-0.3, -0.25) is 0 Å². The average molecular weight is 401 g/mol. The number of hydrogen-bond acceptors (Lipinski definition) is 3. The van der Waals surface area contributed by atoms with Gasteiger partial charge in [-0.05, 0) is 42.0 Å². The number of alkyl halides is 2. The summed E-state index contributed by atoms with van der Waals surface area (Å²) in [5, 5.41) is 5.35. The fraction of sp³-hybridized carbons (Fsp3) is 0.188. The first-order valence-electron chi connectivity index (χ1n) is 6.90. The Hall–Kier alpha value is -2.35. The maximum Gasteiger partial charge on any atom is 0.387 e. The highest BCUT2D eigenvalue weighted by atomic mass is 79.9. The number of hydrogen-bond donors (Lipinski definition) is 2. The van der Waals surface area contributed by atoms with Crippen LogP contribution in [0.4, 0.5) is 19.3 Å². The van der Waals surface area contributed by atoms with Gasteiger partial charge >= 0.3 is 12.6 Å². The smallest absolute Gasteiger partial charge is 0.387 e. The highest BCUT2D eigenvalue weighted by molar-refractivity contribution is 9.10. The third-order valence-electron chi connectivity index (χ3n) is 3.00. The SMILES string of the molecule is COc1cc(CNC(=O)Nc2ccc(Br)cc2)ccc1OC(F)F. The summed E-state index contributed by atoms with van der Waals surface area (Å²) in [6.07, 6.45) is 0. The van der Waals surface area contributed by atoms with Gasteiger partial charge in [0.2, 0.25) is 0 Å². The molecule has 0 saturated carbocycles. The molecule has 0 heterocycles. The van der Waals surface area contributed by atoms with E-state index in [1.807, 2.05) is 12.1 Å². The lowest BCUT2D eigenvalue weighted by Gasteiger charge is -2.12. The molecule has 0 unspecified atom stereocenters. The first-order valence-corrected chi connectivity index (χ1v) is 7.69. The van der Waals surface area contributed by atoms with Gasteiger partial charge in [0.1, 0.15) is 0 Å². The average Bonchev–Trinajstić information content (AvgIpc) is 2.55. The van der Waals surface area contributed by atoms with Crippen LogP contribution >= 0.6 is 15.9 Å². The van der Waals surface area contributed by atoms with Crippen LogP contribution in [0.15, 0.2) is 46.9 Å². The first-order chi connectivity index (χ1) is 11.5. The van der Waals surface area contributed by atoms with Crippen molar-refractivity contribution in [3.05, 3.63) is 52.5 Å². The zero-order valence-electron chi connectivity index (χ0n) is 12.7. The van der Waals surface area contributed by atoms with Crippen LogP contribution in [0.3, 0.4) is 0 Å². The Kier molecular flexibility index (Phi) is 6.36. The van der Waals surface area contributed by atoms with Gasteiger partial charge in [0.25, 0.3) is 0 Å². The normalized spacial score (nSPS) is 10.4. The summed E-state index contributed by atoms with van der Waals surface area (Å²) >= 11 is 3.31. The molecule has 0 aliphatic heterocycles. The molecule has 0 fully saturated rings. The van der Waals surface area contributed by atoms with Gasteiger partial charge in [-0.2, -0.15) is 8.78 Å². The molecule has 2 N–H and O–H groups in total. The number of methoxy groups -OCH3 is 1. The second kappa shape index (κ2) is 8.49. The molecular formula is C16H15BrF2N2O3. The van der Waals surface area contributed by atoms with E-state index in [9.17, 15) is 13.6 Å². The summed E-state index contributed by atoms with van der Waals surface area (Å²) in [5.41, 5.74) is 1.33. The van der Waals surface area contributed by atoms with Gasteiger partial charge in [-0.1, -0.05) is 22.0 Å². The predicted octanol–water partition coefficient (Wildman–Crippen LogP) is 4.38. The lowest BCUT2D eigenvalue weighted by Crippen LogP contribution is -2.28. The van der Waals surface area contributed by atoms with Crippen molar-refractivity contribution in [2.24, 2.45) is 0 Å². The molecule has 0 bridgehead atoms. The van der Waals surface area contributed by atoms with E-state index >= 15 is 0 Å². The molecule has 2 rings (SSSR count). The van der Waals surface area contributed by atoms with Crippen LogP contribution in [0.5, 0.6) is 11.5 Å². The molecule has 0 spiro atoms. The summed E-state index contributed by atoms with van der Waals surface area (Å²) in [6, 6.07) is 11.2. The Morgan fingerprint density at radius 3 is 2.50 bits per heavy atom. The van der Waals surface area contributed by atoms with Crippen molar-refractivity contribution in [3.8, 4) is 11.5 Å². The monoisotopic (exact) mass is 400 g/mol. The van der Waals surface area contributed by atoms with E-state index in [-0.39, 0.29) is 24.1 Å². The van der Waals surface area contributed by atoms with Crippen LogP contribution in [0.2, 0.25) is 0 Å². The quantitative estimate of drug-likeness (QED) is 0.756. The number of anilines is 1. The van der Waals surface area contributed by atoms with Crippen molar-refractivity contribution in [3.63, 3.8) is 0 Å². The standard InChI is InChI=1S/C16H15BrF2N2O3/c1-23-14-8-10(2-7-13(14)24-15(18)19)9-20-16(22)21-12-5-3-11(17)4-6-12/h2-8,15H,9H2,1H3,(H2,20,21,22). The Balaban J connectivity index is 1.93. The number of benzene rings is 2. The number of nitrogens with one attached hydrogen (secondary N) is 2. The number of amides is 2. The lowest BCUT2D eigenvalue weighted by molar-refractivity contribution is -0.0512. The summed E-state index contributed by atoms with van der Waals surface area (Å²) in [7, 11) is 1.35. The Labute approximate surface area is 146 Å². The van der Waals surface area contributed by atoms with Crippen molar-refractivity contribution in [2.45, 2.75) is 13.2 Å². The van der Waals surface area contributed by atoms with E-state index in [4.69, 9.17) is 4.74 Å². The fourth-order valence-corrected chi connectivity index (χ4v) is 2.17. The van der Waals surface area contributed by atoms with E-state index in [1.165, 1.54) is 19.2 Å². The minimum absolute atomic E-state index is 0.0597. The number of urea groups is 1. The second-order valence-corrected chi connectivity index (χ2v) is 5.59. The molecule has 2 aromatic carbocycles. The largest absolute Gasteiger partial charge is 0.493 e. The first kappa shape index (κ1) is 18.0. The molecule has 0 atom stereocenters. The summed E-state index contributed by atoms with van der Waals surface area (Å²) in [5.74, 6) is 0.110. The highest BCUT2D eigenvalue weighted by Crippen LogP contribution is 2.29. The number of ether oxygens (including phenoxy) is 2. The van der Waals surface area contributed by atoms with Crippen LogP contribution in [-0.4, -0.2) is 19.8 Å². The van der Waals surface area contributed by atoms with E-state index in [1.54, 1.807) is 18.2 Å². The number of carbonyl (C=O) groups is 1. The molecule has 24 heavy (non-hydrogen) atoms. The molecule has 128 valence electrons. The Bertz CT molecular complexity index is 696. The van der Waals surface area contributed by atoms with Gasteiger partial charge in [0.15, 0.2) is 11.5 Å². The zero-order valence-corrected chi connectivity index (χ0v) is 14.3. The van der Waals surface area contributed by atoms with Crippen molar-refractivity contribution >= 4 is 27.6 Å². The molecule has 0 saturated heterocycles. The predicted molar refractivity (Wildman–Crippen MR) is 89.6 cm³/mol. The van der Waals surface area contributed by atoms with E-state index < -0.39 is 6.61 Å². The molecule has 0 aromatic heterocycles. The van der Waals surface area contributed by atoms with Gasteiger partial charge < -0.3 is 20.1 Å². The van der Waals surface area contributed by atoms with Crippen molar-refractivity contribution in [1.82, 2.24) is 5.32 Å². The molecular weight excluding hydrogens is 386 g/mol. The van der Waals surface area contributed by atoms with Crippen molar-refractivity contribution in [1.29, 1.82) is 0 Å². The van der Waals surface area contributed by atoms with Crippen molar-refractivity contribution in [2.75, 3.05) is 12.4 Å². The third kappa shape index (κ3) is 5.38. The minimum Gasteiger partial charge on any atom is -0.493 e. The molecule has 8 heteroatoms. The van der Waals surface area contributed by atoms with Gasteiger partial charge in [-0.25, -0.2) is 4.79 Å². The fourth-order valence-electron chi connectivity index (χ4n) is 1.91. The van der Waals surface area contributed by atoms with Gasteiger partial charge in [0.05, 0.1) is 7.11 Å². The topological polar surface area (TPSA) is 59.6 Å². The van der Waals surface area contributed by atoms with Gasteiger partial charge in [-0.15, -0.1) is 0 Å². The van der Waals surface area contributed by atoms with E-state index in [2.05, 4.69) is 31.3 Å². The minimum atomic E-state index is -2.93. The van der Waals surface area contributed by atoms with Crippen LogP contribution in [0.25, 0.3) is 0 Å². The zero-order chi connectivity index (χ0) is 17.5. The van der Waals surface area contributed by atoms with Gasteiger partial charge in [0, 0.05) is 16.7 Å². The second-order valence-electron chi connectivity index (χ2n) is 4.68. The summed E-state index contributed by atoms with van der Waals surface area (Å²) < 4.78 is 34.8. The molecule has 5 nitrogen and oxygen atoms in total. The summed E-state index contributed by atoms with van der Waals surface area (Å²) in [4.78, 5) is 11.8. The van der Waals surface area contributed by atoms with Crippen LogP contribution in [0.1, 0.15) is 5.56 Å². The Morgan fingerprint density at radius 1 is 1.17 bits per heavy atom. The molecule has 2 aromatic rings. The van der Waals surface area contributed by atoms with Crippen LogP contribution in [0, 0.1) is 0 Å². The maximum atomic E-state index is 12.3. The van der Waals surface area contributed by atoms with E-state index in [0.29, 0.717) is 11.3 Å². The molecule has 0 aliphatic rings. The molecule has 0 radical (unpaired) electrons. The number of halogens is 3. The molecule has 0 aliphatic carbocycles. The Morgan fingerprint density at radius 2 is 1.88 bits per heavy atom. The lowest BCUT2D eigenvalue weighted by atomic mass is 10.2. The number of carbonyl (C=O) groups excluding carboxylic acids is 1. The third-order valence-corrected chi connectivity index (χ3v) is 3.53. The van der Waals surface area contributed by atoms with E-state index in [0.717, 1.165) is 4.47 Å². The van der Waals surface area contributed by atoms with Crippen LogP contribution < -0.4 is 20.1 Å². The maximum absolute atomic E-state index is 12.3. The van der Waals surface area contributed by atoms with Crippen LogP contribution in [-0.2, 0) is 6.54 Å². The highest BCUT2D eigenvalue weighted by Gasteiger charge is 2.11.